The van der Waals surface area contributed by atoms with Crippen molar-refractivity contribution < 1.29 is 13.2 Å². The second-order valence-electron chi connectivity index (χ2n) is 6.26. The second-order valence-corrected chi connectivity index (χ2v) is 8.91. The van der Waals surface area contributed by atoms with Crippen molar-refractivity contribution in [1.82, 2.24) is 0 Å². The third-order valence-electron chi connectivity index (χ3n) is 4.23. The summed E-state index contributed by atoms with van der Waals surface area (Å²) in [5.41, 5.74) is 1.45. The number of hydrogen-bond acceptors (Lipinski definition) is 3. The number of hydrogen-bond donors (Lipinski definition) is 1. The molecular formula is C21H18Cl2N2O3S. The number of carbonyl (C=O) groups is 1. The van der Waals surface area contributed by atoms with Crippen LogP contribution in [0.15, 0.2) is 77.7 Å². The number of para-hydroxylation sites is 1. The van der Waals surface area contributed by atoms with E-state index in [-0.39, 0.29) is 14.9 Å². The molecule has 3 rings (SSSR count). The first-order valence-corrected chi connectivity index (χ1v) is 10.9. The van der Waals surface area contributed by atoms with Crippen LogP contribution in [0, 0.1) is 6.92 Å². The van der Waals surface area contributed by atoms with Crippen LogP contribution in [0.3, 0.4) is 0 Å². The molecule has 0 fully saturated rings. The Kier molecular flexibility index (Phi) is 6.47. The van der Waals surface area contributed by atoms with E-state index in [0.717, 1.165) is 9.87 Å². The van der Waals surface area contributed by atoms with E-state index in [1.807, 2.05) is 0 Å². The molecular weight excluding hydrogens is 431 g/mol. The number of nitrogens with one attached hydrogen (secondary N) is 1. The normalized spacial score (nSPS) is 11.1. The smallest absolute Gasteiger partial charge is 0.264 e. The van der Waals surface area contributed by atoms with Crippen molar-refractivity contribution in [1.29, 1.82) is 0 Å². The zero-order valence-electron chi connectivity index (χ0n) is 15.5. The average molecular weight is 449 g/mol. The van der Waals surface area contributed by atoms with E-state index < -0.39 is 22.5 Å². The first-order valence-electron chi connectivity index (χ1n) is 8.68. The van der Waals surface area contributed by atoms with E-state index in [2.05, 4.69) is 5.32 Å². The summed E-state index contributed by atoms with van der Waals surface area (Å²) in [7, 11) is -3.97. The third-order valence-corrected chi connectivity index (χ3v) is 6.82. The van der Waals surface area contributed by atoms with Gasteiger partial charge in [0.25, 0.3) is 10.0 Å². The van der Waals surface area contributed by atoms with Crippen LogP contribution < -0.4 is 9.62 Å². The highest BCUT2D eigenvalue weighted by Crippen LogP contribution is 2.30. The molecule has 0 saturated heterocycles. The minimum Gasteiger partial charge on any atom is -0.323 e. The summed E-state index contributed by atoms with van der Waals surface area (Å²) >= 11 is 12.1. The Balaban J connectivity index is 1.97. The van der Waals surface area contributed by atoms with E-state index in [0.29, 0.717) is 11.4 Å². The van der Waals surface area contributed by atoms with E-state index in [4.69, 9.17) is 23.2 Å². The quantitative estimate of drug-likeness (QED) is 0.567. The molecule has 1 amide bonds. The van der Waals surface area contributed by atoms with Gasteiger partial charge in [-0.3, -0.25) is 9.10 Å². The molecule has 0 saturated carbocycles. The van der Waals surface area contributed by atoms with Crippen LogP contribution in [-0.4, -0.2) is 20.9 Å². The van der Waals surface area contributed by atoms with Gasteiger partial charge in [0.05, 0.1) is 26.3 Å². The van der Waals surface area contributed by atoms with Gasteiger partial charge in [0, 0.05) is 0 Å². The van der Waals surface area contributed by atoms with Crippen molar-refractivity contribution in [2.24, 2.45) is 0 Å². The Labute approximate surface area is 179 Å². The molecule has 0 atom stereocenters. The van der Waals surface area contributed by atoms with Crippen molar-refractivity contribution in [3.63, 3.8) is 0 Å². The standard InChI is InChI=1S/C21H18Cl2N2O3S/c1-15-8-5-6-13-19(15)25(29(27,28)16-9-3-2-4-10-16)14-20(26)24-18-12-7-11-17(22)21(18)23/h2-13H,14H2,1H3,(H,24,26). The van der Waals surface area contributed by atoms with Gasteiger partial charge in [0.15, 0.2) is 0 Å². The maximum Gasteiger partial charge on any atom is 0.264 e. The van der Waals surface area contributed by atoms with E-state index >= 15 is 0 Å². The first-order chi connectivity index (χ1) is 13.8. The maximum absolute atomic E-state index is 13.3. The number of carbonyl (C=O) groups excluding carboxylic acids is 1. The molecule has 0 aliphatic carbocycles. The predicted octanol–water partition coefficient (Wildman–Crippen LogP) is 5.14. The zero-order valence-corrected chi connectivity index (χ0v) is 17.8. The number of benzene rings is 3. The van der Waals surface area contributed by atoms with Crippen molar-refractivity contribution in [2.45, 2.75) is 11.8 Å². The minimum absolute atomic E-state index is 0.0943. The highest BCUT2D eigenvalue weighted by Gasteiger charge is 2.28. The molecule has 0 unspecified atom stereocenters. The summed E-state index contributed by atoms with van der Waals surface area (Å²) in [6.45, 7) is 1.36. The molecule has 0 bridgehead atoms. The molecule has 0 aliphatic heterocycles. The van der Waals surface area contributed by atoms with E-state index in [1.54, 1.807) is 67.6 Å². The molecule has 29 heavy (non-hydrogen) atoms. The van der Waals surface area contributed by atoms with Gasteiger partial charge in [0.1, 0.15) is 6.54 Å². The Morgan fingerprint density at radius 1 is 0.931 bits per heavy atom. The molecule has 5 nitrogen and oxygen atoms in total. The molecule has 3 aromatic carbocycles. The third kappa shape index (κ3) is 4.72. The maximum atomic E-state index is 13.3. The van der Waals surface area contributed by atoms with Crippen LogP contribution in [0.5, 0.6) is 0 Å². The molecule has 3 aromatic rings. The molecule has 0 spiro atoms. The van der Waals surface area contributed by atoms with Crippen LogP contribution in [0.4, 0.5) is 11.4 Å². The largest absolute Gasteiger partial charge is 0.323 e. The predicted molar refractivity (Wildman–Crippen MR) is 117 cm³/mol. The molecule has 0 radical (unpaired) electrons. The van der Waals surface area contributed by atoms with E-state index in [1.165, 1.54) is 12.1 Å². The number of halogens is 2. The number of rotatable bonds is 6. The fourth-order valence-corrected chi connectivity index (χ4v) is 4.64. The van der Waals surface area contributed by atoms with Crippen LogP contribution in [-0.2, 0) is 14.8 Å². The fourth-order valence-electron chi connectivity index (χ4n) is 2.78. The number of aryl methyl sites for hydroxylation is 1. The number of nitrogens with zero attached hydrogens (tertiary/aromatic N) is 1. The molecule has 0 aromatic heterocycles. The van der Waals surface area contributed by atoms with Crippen LogP contribution in [0.25, 0.3) is 0 Å². The average Bonchev–Trinajstić information content (AvgIpc) is 2.71. The van der Waals surface area contributed by atoms with Gasteiger partial charge in [-0.15, -0.1) is 0 Å². The first kappa shape index (κ1) is 21.2. The van der Waals surface area contributed by atoms with Crippen molar-refractivity contribution in [3.05, 3.63) is 88.4 Å². The number of sulfonamides is 1. The Hall–Kier alpha value is -2.54. The topological polar surface area (TPSA) is 66.5 Å². The lowest BCUT2D eigenvalue weighted by molar-refractivity contribution is -0.114. The molecule has 1 N–H and O–H groups in total. The van der Waals surface area contributed by atoms with Gasteiger partial charge in [-0.05, 0) is 42.8 Å². The Morgan fingerprint density at radius 2 is 1.59 bits per heavy atom. The van der Waals surface area contributed by atoms with Crippen LogP contribution in [0.2, 0.25) is 10.0 Å². The van der Waals surface area contributed by atoms with Crippen LogP contribution in [0.1, 0.15) is 5.56 Å². The van der Waals surface area contributed by atoms with Gasteiger partial charge in [-0.25, -0.2) is 8.42 Å². The lowest BCUT2D eigenvalue weighted by atomic mass is 10.2. The van der Waals surface area contributed by atoms with Gasteiger partial charge < -0.3 is 5.32 Å². The van der Waals surface area contributed by atoms with Gasteiger partial charge >= 0.3 is 0 Å². The Morgan fingerprint density at radius 3 is 2.28 bits per heavy atom. The number of anilines is 2. The molecule has 0 aliphatic rings. The summed E-state index contributed by atoms with van der Waals surface area (Å²) < 4.78 is 27.7. The summed E-state index contributed by atoms with van der Waals surface area (Å²) in [6.07, 6.45) is 0. The van der Waals surface area contributed by atoms with Gasteiger partial charge in [-0.1, -0.05) is 65.7 Å². The monoisotopic (exact) mass is 448 g/mol. The zero-order chi connectivity index (χ0) is 21.0. The van der Waals surface area contributed by atoms with Crippen molar-refractivity contribution >= 4 is 50.5 Å². The van der Waals surface area contributed by atoms with Crippen LogP contribution >= 0.6 is 23.2 Å². The summed E-state index contributed by atoms with van der Waals surface area (Å²) in [4.78, 5) is 12.8. The Bertz CT molecular complexity index is 1140. The van der Waals surface area contributed by atoms with Gasteiger partial charge in [-0.2, -0.15) is 0 Å². The SMILES string of the molecule is Cc1ccccc1N(CC(=O)Nc1cccc(Cl)c1Cl)S(=O)(=O)c1ccccc1. The van der Waals surface area contributed by atoms with E-state index in [9.17, 15) is 13.2 Å². The summed E-state index contributed by atoms with van der Waals surface area (Å²) in [5, 5.41) is 3.11. The van der Waals surface area contributed by atoms with Gasteiger partial charge in [0.2, 0.25) is 5.91 Å². The number of amides is 1. The highest BCUT2D eigenvalue weighted by atomic mass is 35.5. The lowest BCUT2D eigenvalue weighted by Gasteiger charge is -2.25. The van der Waals surface area contributed by atoms with Crippen molar-refractivity contribution in [2.75, 3.05) is 16.2 Å². The molecule has 150 valence electrons. The van der Waals surface area contributed by atoms with Crippen molar-refractivity contribution in [3.8, 4) is 0 Å². The lowest BCUT2D eigenvalue weighted by Crippen LogP contribution is -2.38. The molecule has 0 heterocycles. The second kappa shape index (κ2) is 8.86. The summed E-state index contributed by atoms with van der Waals surface area (Å²) in [6, 6.07) is 19.8. The summed E-state index contributed by atoms with van der Waals surface area (Å²) in [5.74, 6) is -0.545. The fraction of sp³-hybridized carbons (Fsp3) is 0.0952. The highest BCUT2D eigenvalue weighted by molar-refractivity contribution is 7.92. The molecule has 8 heteroatoms. The minimum atomic E-state index is -3.97.